The third kappa shape index (κ3) is 3.38. The molecule has 20 heavy (non-hydrogen) atoms. The summed E-state index contributed by atoms with van der Waals surface area (Å²) in [7, 11) is 1.83. The van der Waals surface area contributed by atoms with E-state index in [-0.39, 0.29) is 11.9 Å². The first-order chi connectivity index (χ1) is 9.65. The fourth-order valence-electron chi connectivity index (χ4n) is 2.31. The SMILES string of the molecule is CCCn1ccnc1CC(NC)c1ccc(Cl)cc1F. The average molecular weight is 296 g/mol. The third-order valence-corrected chi connectivity index (χ3v) is 3.57. The van der Waals surface area contributed by atoms with E-state index in [9.17, 15) is 4.39 Å². The van der Waals surface area contributed by atoms with E-state index < -0.39 is 0 Å². The van der Waals surface area contributed by atoms with Crippen molar-refractivity contribution in [1.82, 2.24) is 14.9 Å². The number of aromatic nitrogens is 2. The second kappa shape index (κ2) is 6.86. The number of imidazole rings is 1. The first-order valence-corrected chi connectivity index (χ1v) is 7.15. The van der Waals surface area contributed by atoms with Crippen LogP contribution in [0.4, 0.5) is 4.39 Å². The van der Waals surface area contributed by atoms with Crippen LogP contribution in [-0.2, 0) is 13.0 Å². The van der Waals surface area contributed by atoms with Crippen molar-refractivity contribution in [3.05, 3.63) is 52.8 Å². The number of nitrogens with zero attached hydrogens (tertiary/aromatic N) is 2. The highest BCUT2D eigenvalue weighted by Crippen LogP contribution is 2.23. The van der Waals surface area contributed by atoms with Crippen LogP contribution in [0.25, 0.3) is 0 Å². The number of aryl methyl sites for hydroxylation is 1. The zero-order valence-electron chi connectivity index (χ0n) is 11.7. The Balaban J connectivity index is 2.22. The van der Waals surface area contributed by atoms with Gasteiger partial charge in [0.2, 0.25) is 0 Å². The van der Waals surface area contributed by atoms with Gasteiger partial charge in [-0.15, -0.1) is 0 Å². The Morgan fingerprint density at radius 1 is 1.45 bits per heavy atom. The van der Waals surface area contributed by atoms with E-state index in [1.165, 1.54) is 6.07 Å². The Morgan fingerprint density at radius 2 is 2.25 bits per heavy atom. The molecule has 0 saturated carbocycles. The van der Waals surface area contributed by atoms with Crippen LogP contribution >= 0.6 is 11.6 Å². The smallest absolute Gasteiger partial charge is 0.129 e. The number of hydrogen-bond donors (Lipinski definition) is 1. The molecule has 0 amide bonds. The lowest BCUT2D eigenvalue weighted by Crippen LogP contribution is -2.22. The van der Waals surface area contributed by atoms with Crippen molar-refractivity contribution in [2.75, 3.05) is 7.05 Å². The van der Waals surface area contributed by atoms with E-state index >= 15 is 0 Å². The Bertz CT molecular complexity index is 568. The van der Waals surface area contributed by atoms with Crippen LogP contribution in [0.2, 0.25) is 5.02 Å². The molecule has 2 rings (SSSR count). The van der Waals surface area contributed by atoms with Gasteiger partial charge in [-0.2, -0.15) is 0 Å². The van der Waals surface area contributed by atoms with Gasteiger partial charge in [-0.3, -0.25) is 0 Å². The molecule has 5 heteroatoms. The molecule has 0 bridgehead atoms. The van der Waals surface area contributed by atoms with Crippen molar-refractivity contribution >= 4 is 11.6 Å². The molecular formula is C15H19ClFN3. The van der Waals surface area contributed by atoms with Gasteiger partial charge in [-0.25, -0.2) is 9.37 Å². The van der Waals surface area contributed by atoms with Crippen LogP contribution in [0.3, 0.4) is 0 Å². The van der Waals surface area contributed by atoms with Crippen molar-refractivity contribution in [2.24, 2.45) is 0 Å². The molecule has 1 heterocycles. The maximum atomic E-state index is 14.0. The lowest BCUT2D eigenvalue weighted by atomic mass is 10.0. The topological polar surface area (TPSA) is 29.9 Å². The predicted octanol–water partition coefficient (Wildman–Crippen LogP) is 3.59. The number of hydrogen-bond acceptors (Lipinski definition) is 2. The number of benzene rings is 1. The van der Waals surface area contributed by atoms with Gasteiger partial charge in [0.15, 0.2) is 0 Å². The summed E-state index contributed by atoms with van der Waals surface area (Å²) in [6.07, 6.45) is 5.44. The molecule has 1 aromatic heterocycles. The molecule has 1 aromatic carbocycles. The van der Waals surface area contributed by atoms with Crippen LogP contribution in [0.5, 0.6) is 0 Å². The van der Waals surface area contributed by atoms with Crippen molar-refractivity contribution in [3.8, 4) is 0 Å². The van der Waals surface area contributed by atoms with E-state index in [2.05, 4.69) is 21.8 Å². The molecule has 0 aliphatic heterocycles. The summed E-state index contributed by atoms with van der Waals surface area (Å²) < 4.78 is 16.1. The van der Waals surface area contributed by atoms with Crippen LogP contribution in [0.1, 0.15) is 30.8 Å². The Kier molecular flexibility index (Phi) is 5.15. The quantitative estimate of drug-likeness (QED) is 0.882. The maximum Gasteiger partial charge on any atom is 0.129 e. The second-order valence-electron chi connectivity index (χ2n) is 4.75. The van der Waals surface area contributed by atoms with Crippen molar-refractivity contribution in [1.29, 1.82) is 0 Å². The number of halogens is 2. The zero-order valence-corrected chi connectivity index (χ0v) is 12.5. The Morgan fingerprint density at radius 3 is 2.90 bits per heavy atom. The first-order valence-electron chi connectivity index (χ1n) is 6.78. The number of likely N-dealkylation sites (N-methyl/N-ethyl adjacent to an activating group) is 1. The van der Waals surface area contributed by atoms with Gasteiger partial charge >= 0.3 is 0 Å². The van der Waals surface area contributed by atoms with Gasteiger partial charge in [-0.05, 0) is 25.6 Å². The average Bonchev–Trinajstić information content (AvgIpc) is 2.84. The monoisotopic (exact) mass is 295 g/mol. The van der Waals surface area contributed by atoms with Gasteiger partial charge in [0.1, 0.15) is 11.6 Å². The summed E-state index contributed by atoms with van der Waals surface area (Å²) in [6.45, 7) is 3.05. The molecule has 2 aromatic rings. The van der Waals surface area contributed by atoms with Gasteiger partial charge in [-0.1, -0.05) is 24.6 Å². The molecule has 0 radical (unpaired) electrons. The lowest BCUT2D eigenvalue weighted by Gasteiger charge is -2.18. The van der Waals surface area contributed by atoms with Crippen LogP contribution in [0.15, 0.2) is 30.6 Å². The largest absolute Gasteiger partial charge is 0.335 e. The van der Waals surface area contributed by atoms with Crippen molar-refractivity contribution in [2.45, 2.75) is 32.4 Å². The van der Waals surface area contributed by atoms with Gasteiger partial charge in [0, 0.05) is 42.0 Å². The van der Waals surface area contributed by atoms with Crippen molar-refractivity contribution in [3.63, 3.8) is 0 Å². The van der Waals surface area contributed by atoms with Crippen LogP contribution in [-0.4, -0.2) is 16.6 Å². The van der Waals surface area contributed by atoms with E-state index in [4.69, 9.17) is 11.6 Å². The summed E-state index contributed by atoms with van der Waals surface area (Å²) in [4.78, 5) is 4.37. The lowest BCUT2D eigenvalue weighted by molar-refractivity contribution is 0.510. The normalized spacial score (nSPS) is 12.6. The summed E-state index contributed by atoms with van der Waals surface area (Å²) in [5.74, 6) is 0.672. The van der Waals surface area contributed by atoms with Gasteiger partial charge < -0.3 is 9.88 Å². The minimum Gasteiger partial charge on any atom is -0.335 e. The van der Waals surface area contributed by atoms with E-state index in [0.717, 1.165) is 18.8 Å². The van der Waals surface area contributed by atoms with E-state index in [1.54, 1.807) is 18.3 Å². The standard InChI is InChI=1S/C15H19ClFN3/c1-3-7-20-8-6-19-15(20)10-14(18-2)12-5-4-11(16)9-13(12)17/h4-6,8-9,14,18H,3,7,10H2,1-2H3. The second-order valence-corrected chi connectivity index (χ2v) is 5.18. The third-order valence-electron chi connectivity index (χ3n) is 3.34. The Hall–Kier alpha value is -1.39. The molecule has 0 fully saturated rings. The van der Waals surface area contributed by atoms with Crippen LogP contribution in [0, 0.1) is 5.82 Å². The van der Waals surface area contributed by atoms with Gasteiger partial charge in [0.25, 0.3) is 0 Å². The highest BCUT2D eigenvalue weighted by molar-refractivity contribution is 6.30. The molecule has 1 unspecified atom stereocenters. The highest BCUT2D eigenvalue weighted by Gasteiger charge is 2.17. The molecular weight excluding hydrogens is 277 g/mol. The maximum absolute atomic E-state index is 14.0. The van der Waals surface area contributed by atoms with Gasteiger partial charge in [0.05, 0.1) is 0 Å². The fourth-order valence-corrected chi connectivity index (χ4v) is 2.47. The Labute approximate surface area is 123 Å². The molecule has 0 spiro atoms. The number of nitrogens with one attached hydrogen (secondary N) is 1. The highest BCUT2D eigenvalue weighted by atomic mass is 35.5. The molecule has 108 valence electrons. The zero-order chi connectivity index (χ0) is 14.5. The minimum absolute atomic E-state index is 0.120. The molecule has 3 nitrogen and oxygen atoms in total. The number of rotatable bonds is 6. The van der Waals surface area contributed by atoms with Crippen LogP contribution < -0.4 is 5.32 Å². The molecule has 0 saturated heterocycles. The summed E-state index contributed by atoms with van der Waals surface area (Å²) in [5.41, 5.74) is 0.614. The van der Waals surface area contributed by atoms with E-state index in [1.807, 2.05) is 13.2 Å². The fraction of sp³-hybridized carbons (Fsp3) is 0.400. The minimum atomic E-state index is -0.287. The first kappa shape index (κ1) is 15.0. The molecule has 1 N–H and O–H groups in total. The molecule has 0 aliphatic carbocycles. The summed E-state index contributed by atoms with van der Waals surface area (Å²) >= 11 is 5.80. The van der Waals surface area contributed by atoms with Crippen molar-refractivity contribution < 1.29 is 4.39 Å². The summed E-state index contributed by atoms with van der Waals surface area (Å²) in [5, 5.41) is 3.56. The predicted molar refractivity (Wildman–Crippen MR) is 79.4 cm³/mol. The molecule has 0 aliphatic rings. The summed E-state index contributed by atoms with van der Waals surface area (Å²) in [6, 6.07) is 4.67. The van der Waals surface area contributed by atoms with E-state index in [0.29, 0.717) is 17.0 Å². The molecule has 1 atom stereocenters.